The summed E-state index contributed by atoms with van der Waals surface area (Å²) in [5, 5.41) is 8.44. The average molecular weight is 336 g/mol. The third-order valence-corrected chi connectivity index (χ3v) is 4.09. The number of piperidine rings is 1. The van der Waals surface area contributed by atoms with Crippen molar-refractivity contribution in [3.63, 3.8) is 0 Å². The van der Waals surface area contributed by atoms with E-state index in [1.807, 2.05) is 0 Å². The van der Waals surface area contributed by atoms with E-state index >= 15 is 0 Å². The Bertz CT molecular complexity index is 528. The second kappa shape index (κ2) is 10.7. The Hall–Kier alpha value is -1.99. The summed E-state index contributed by atoms with van der Waals surface area (Å²) in [5.74, 6) is -0.491. The largest absolute Gasteiger partial charge is 0.369 e. The lowest BCUT2D eigenvalue weighted by atomic mass is 9.97. The van der Waals surface area contributed by atoms with Crippen LogP contribution in [0.4, 0.5) is 0 Å². The van der Waals surface area contributed by atoms with Crippen LogP contribution in [0.2, 0.25) is 0 Å². The first kappa shape index (κ1) is 20.1. The molecule has 0 unspecified atom stereocenters. The number of aryl methyl sites for hydroxylation is 1. The van der Waals surface area contributed by atoms with E-state index in [0.29, 0.717) is 5.56 Å². The fourth-order valence-corrected chi connectivity index (χ4v) is 2.47. The topological polar surface area (TPSA) is 109 Å². The molecule has 7 heteroatoms. The standard InChI is InChI=1S/C10H14N2O2.C7H14N2O/c1-2-3-4-9-7-8(5-6-11-9)10(13)12-14;1-9-4-2-6(3-5-9)7(8)10/h5-7,14H,2-4H2,1H3,(H,12,13);6H,2-5H2,1H3,(H2,8,10). The van der Waals surface area contributed by atoms with Crippen LogP contribution in [0.1, 0.15) is 48.7 Å². The number of unbranched alkanes of at least 4 members (excludes halogenated alkanes) is 1. The highest BCUT2D eigenvalue weighted by Crippen LogP contribution is 2.14. The molecule has 1 aromatic rings. The lowest BCUT2D eigenvalue weighted by Crippen LogP contribution is -2.36. The van der Waals surface area contributed by atoms with Crippen molar-refractivity contribution >= 4 is 11.8 Å². The highest BCUT2D eigenvalue weighted by molar-refractivity contribution is 5.93. The van der Waals surface area contributed by atoms with Gasteiger partial charge < -0.3 is 10.6 Å². The van der Waals surface area contributed by atoms with Gasteiger partial charge in [0.15, 0.2) is 0 Å². The van der Waals surface area contributed by atoms with Crippen molar-refractivity contribution in [3.05, 3.63) is 29.6 Å². The van der Waals surface area contributed by atoms with Crippen molar-refractivity contribution in [1.82, 2.24) is 15.4 Å². The number of pyridine rings is 1. The lowest BCUT2D eigenvalue weighted by molar-refractivity contribution is -0.123. The molecule has 0 bridgehead atoms. The minimum Gasteiger partial charge on any atom is -0.369 e. The Morgan fingerprint density at radius 1 is 1.42 bits per heavy atom. The molecule has 0 atom stereocenters. The summed E-state index contributed by atoms with van der Waals surface area (Å²) in [6.45, 7) is 4.12. The van der Waals surface area contributed by atoms with Gasteiger partial charge in [0.25, 0.3) is 5.91 Å². The number of primary amides is 1. The summed E-state index contributed by atoms with van der Waals surface area (Å²) < 4.78 is 0. The molecule has 1 aliphatic heterocycles. The van der Waals surface area contributed by atoms with Crippen molar-refractivity contribution in [2.75, 3.05) is 20.1 Å². The third kappa shape index (κ3) is 7.06. The zero-order valence-electron chi connectivity index (χ0n) is 14.5. The molecule has 1 aliphatic rings. The van der Waals surface area contributed by atoms with Gasteiger partial charge in [0.2, 0.25) is 5.91 Å². The predicted molar refractivity (Wildman–Crippen MR) is 91.5 cm³/mol. The number of carbonyl (C=O) groups excluding carboxylic acids is 2. The van der Waals surface area contributed by atoms with Gasteiger partial charge in [0.1, 0.15) is 0 Å². The van der Waals surface area contributed by atoms with Gasteiger partial charge in [0.05, 0.1) is 0 Å². The molecule has 7 nitrogen and oxygen atoms in total. The number of aromatic nitrogens is 1. The summed E-state index contributed by atoms with van der Waals surface area (Å²) in [4.78, 5) is 28.1. The first-order chi connectivity index (χ1) is 11.5. The molecule has 0 aliphatic carbocycles. The van der Waals surface area contributed by atoms with Crippen LogP contribution in [0.15, 0.2) is 18.3 Å². The molecular weight excluding hydrogens is 308 g/mol. The molecule has 1 aromatic heterocycles. The number of carbonyl (C=O) groups is 2. The van der Waals surface area contributed by atoms with Crippen LogP contribution in [0.3, 0.4) is 0 Å². The number of likely N-dealkylation sites (tertiary alicyclic amines) is 1. The fraction of sp³-hybridized carbons (Fsp3) is 0.588. The van der Waals surface area contributed by atoms with Crippen LogP contribution in [-0.4, -0.2) is 47.0 Å². The number of nitrogens with zero attached hydrogens (tertiary/aromatic N) is 2. The normalized spacial score (nSPS) is 15.3. The van der Waals surface area contributed by atoms with E-state index in [9.17, 15) is 9.59 Å². The van der Waals surface area contributed by atoms with Gasteiger partial charge >= 0.3 is 0 Å². The van der Waals surface area contributed by atoms with Gasteiger partial charge in [-0.3, -0.25) is 19.8 Å². The van der Waals surface area contributed by atoms with Crippen molar-refractivity contribution in [3.8, 4) is 0 Å². The molecule has 1 fully saturated rings. The van der Waals surface area contributed by atoms with Crippen LogP contribution < -0.4 is 11.2 Å². The molecule has 2 rings (SSSR count). The van der Waals surface area contributed by atoms with Gasteiger partial charge in [-0.25, -0.2) is 5.48 Å². The van der Waals surface area contributed by atoms with Crippen molar-refractivity contribution < 1.29 is 14.8 Å². The van der Waals surface area contributed by atoms with Gasteiger partial charge in [-0.2, -0.15) is 0 Å². The first-order valence-corrected chi connectivity index (χ1v) is 8.35. The van der Waals surface area contributed by atoms with E-state index < -0.39 is 5.91 Å². The fourth-order valence-electron chi connectivity index (χ4n) is 2.47. The summed E-state index contributed by atoms with van der Waals surface area (Å²) in [7, 11) is 2.07. The number of hydrogen-bond acceptors (Lipinski definition) is 5. The van der Waals surface area contributed by atoms with Crippen LogP contribution in [0, 0.1) is 5.92 Å². The molecule has 24 heavy (non-hydrogen) atoms. The quantitative estimate of drug-likeness (QED) is 0.556. The molecule has 0 spiro atoms. The van der Waals surface area contributed by atoms with E-state index in [4.69, 9.17) is 10.9 Å². The van der Waals surface area contributed by atoms with Crippen LogP contribution in [-0.2, 0) is 11.2 Å². The highest BCUT2D eigenvalue weighted by atomic mass is 16.5. The maximum atomic E-state index is 11.1. The van der Waals surface area contributed by atoms with E-state index in [1.165, 1.54) is 0 Å². The Kier molecular flexibility index (Phi) is 8.96. The molecule has 134 valence electrons. The van der Waals surface area contributed by atoms with E-state index in [-0.39, 0.29) is 11.8 Å². The van der Waals surface area contributed by atoms with E-state index in [0.717, 1.165) is 50.9 Å². The average Bonchev–Trinajstić information content (AvgIpc) is 2.60. The third-order valence-electron chi connectivity index (χ3n) is 4.09. The van der Waals surface area contributed by atoms with E-state index in [1.54, 1.807) is 23.8 Å². The molecule has 0 saturated carbocycles. The van der Waals surface area contributed by atoms with Crippen molar-refractivity contribution in [2.45, 2.75) is 39.0 Å². The van der Waals surface area contributed by atoms with Gasteiger partial charge in [-0.1, -0.05) is 13.3 Å². The molecule has 2 amide bonds. The highest BCUT2D eigenvalue weighted by Gasteiger charge is 2.20. The summed E-state index contributed by atoms with van der Waals surface area (Å²) in [5.41, 5.74) is 8.07. The smallest absolute Gasteiger partial charge is 0.274 e. The monoisotopic (exact) mass is 336 g/mol. The van der Waals surface area contributed by atoms with E-state index in [2.05, 4.69) is 23.9 Å². The van der Waals surface area contributed by atoms with Crippen molar-refractivity contribution in [2.24, 2.45) is 11.7 Å². The van der Waals surface area contributed by atoms with Crippen LogP contribution >= 0.6 is 0 Å². The van der Waals surface area contributed by atoms with Gasteiger partial charge in [-0.05, 0) is 58.0 Å². The second-order valence-corrected chi connectivity index (χ2v) is 6.06. The zero-order chi connectivity index (χ0) is 17.9. The Morgan fingerprint density at radius 2 is 2.08 bits per heavy atom. The first-order valence-electron chi connectivity index (χ1n) is 8.35. The minimum absolute atomic E-state index is 0.131. The molecule has 4 N–H and O–H groups in total. The minimum atomic E-state index is -0.495. The van der Waals surface area contributed by atoms with Crippen molar-refractivity contribution in [1.29, 1.82) is 0 Å². The van der Waals surface area contributed by atoms with Gasteiger partial charge in [0, 0.05) is 23.4 Å². The maximum absolute atomic E-state index is 11.1. The molecule has 2 heterocycles. The molecule has 1 saturated heterocycles. The Balaban J connectivity index is 0.000000254. The zero-order valence-corrected chi connectivity index (χ0v) is 14.5. The Morgan fingerprint density at radius 3 is 2.62 bits per heavy atom. The van der Waals surface area contributed by atoms with Crippen LogP contribution in [0.5, 0.6) is 0 Å². The summed E-state index contributed by atoms with van der Waals surface area (Å²) in [6.07, 6.45) is 6.46. The SMILES string of the molecule is CCCCc1cc(C(=O)NO)ccn1.CN1CCC(C(N)=O)CC1. The number of hydrogen-bond donors (Lipinski definition) is 3. The summed E-state index contributed by atoms with van der Waals surface area (Å²) >= 11 is 0. The number of hydroxylamine groups is 1. The molecule has 0 aromatic carbocycles. The summed E-state index contributed by atoms with van der Waals surface area (Å²) in [6, 6.07) is 3.27. The second-order valence-electron chi connectivity index (χ2n) is 6.06. The van der Waals surface area contributed by atoms with Crippen LogP contribution in [0.25, 0.3) is 0 Å². The Labute approximate surface area is 143 Å². The molecular formula is C17H28N4O3. The lowest BCUT2D eigenvalue weighted by Gasteiger charge is -2.26. The maximum Gasteiger partial charge on any atom is 0.274 e. The number of nitrogens with one attached hydrogen (secondary N) is 1. The predicted octanol–water partition coefficient (Wildman–Crippen LogP) is 1.36. The van der Waals surface area contributed by atoms with Gasteiger partial charge in [-0.15, -0.1) is 0 Å². The number of rotatable bonds is 5. The number of nitrogens with two attached hydrogens (primary N) is 1. The molecule has 0 radical (unpaired) electrons. The number of amides is 2.